The van der Waals surface area contributed by atoms with E-state index in [4.69, 9.17) is 9.47 Å². The highest BCUT2D eigenvalue weighted by molar-refractivity contribution is 5.80. The zero-order valence-corrected chi connectivity index (χ0v) is 15.6. The molecule has 4 heteroatoms. The minimum absolute atomic E-state index is 0.121. The summed E-state index contributed by atoms with van der Waals surface area (Å²) in [6.07, 6.45) is -0.438. The zero-order chi connectivity index (χ0) is 18.4. The molecule has 0 radical (unpaired) electrons. The number of rotatable bonds is 7. The lowest BCUT2D eigenvalue weighted by molar-refractivity contribution is -0.127. The molecule has 0 aliphatic heterocycles. The second-order valence-electron chi connectivity index (χ2n) is 6.56. The van der Waals surface area contributed by atoms with Gasteiger partial charge >= 0.3 is 0 Å². The number of hydrogen-bond donors (Lipinski definition) is 1. The summed E-state index contributed by atoms with van der Waals surface area (Å²) in [7, 11) is 0. The molecule has 134 valence electrons. The van der Waals surface area contributed by atoms with Gasteiger partial charge in [0.05, 0.1) is 6.10 Å². The van der Waals surface area contributed by atoms with Crippen LogP contribution in [0.2, 0.25) is 0 Å². The second-order valence-corrected chi connectivity index (χ2v) is 6.56. The molecule has 0 aliphatic carbocycles. The predicted molar refractivity (Wildman–Crippen MR) is 100 cm³/mol. The van der Waals surface area contributed by atoms with Crippen LogP contribution in [-0.2, 0) is 11.3 Å². The Morgan fingerprint density at radius 2 is 1.80 bits per heavy atom. The van der Waals surface area contributed by atoms with Gasteiger partial charge in [-0.3, -0.25) is 4.79 Å². The van der Waals surface area contributed by atoms with E-state index in [9.17, 15) is 4.79 Å². The molecule has 2 rings (SSSR count). The average molecular weight is 341 g/mol. The number of nitrogens with one attached hydrogen (secondary N) is 1. The standard InChI is InChI=1S/C21H27NO3/c1-14(2)24-19-8-6-7-18(12-19)13-22-21(23)17(5)25-20-11-15(3)9-10-16(20)4/h6-12,14,17H,13H2,1-5H3,(H,22,23)/t17-/m1/s1. The Kier molecular flexibility index (Phi) is 6.45. The van der Waals surface area contributed by atoms with Crippen molar-refractivity contribution in [2.24, 2.45) is 0 Å². The molecular weight excluding hydrogens is 314 g/mol. The van der Waals surface area contributed by atoms with Gasteiger partial charge in [-0.1, -0.05) is 24.3 Å². The third-order valence-corrected chi connectivity index (χ3v) is 3.75. The number of ether oxygens (including phenoxy) is 2. The predicted octanol–water partition coefficient (Wildman–Crippen LogP) is 4.17. The van der Waals surface area contributed by atoms with E-state index in [0.717, 1.165) is 28.2 Å². The largest absolute Gasteiger partial charge is 0.491 e. The van der Waals surface area contributed by atoms with Crippen molar-refractivity contribution in [2.75, 3.05) is 0 Å². The number of amides is 1. The van der Waals surface area contributed by atoms with E-state index in [1.165, 1.54) is 0 Å². The Morgan fingerprint density at radius 3 is 2.52 bits per heavy atom. The molecular formula is C21H27NO3. The average Bonchev–Trinajstić information content (AvgIpc) is 2.55. The van der Waals surface area contributed by atoms with Crippen LogP contribution in [0.1, 0.15) is 37.5 Å². The van der Waals surface area contributed by atoms with E-state index in [2.05, 4.69) is 5.32 Å². The van der Waals surface area contributed by atoms with Crippen LogP contribution in [0.15, 0.2) is 42.5 Å². The number of benzene rings is 2. The smallest absolute Gasteiger partial charge is 0.261 e. The van der Waals surface area contributed by atoms with Crippen LogP contribution >= 0.6 is 0 Å². The van der Waals surface area contributed by atoms with Crippen molar-refractivity contribution >= 4 is 5.91 Å². The number of hydrogen-bond acceptors (Lipinski definition) is 3. The zero-order valence-electron chi connectivity index (χ0n) is 15.6. The molecule has 0 aromatic heterocycles. The van der Waals surface area contributed by atoms with Gasteiger partial charge in [-0.15, -0.1) is 0 Å². The van der Waals surface area contributed by atoms with E-state index in [1.54, 1.807) is 6.92 Å². The van der Waals surface area contributed by atoms with Gasteiger partial charge in [0.2, 0.25) is 0 Å². The van der Waals surface area contributed by atoms with Crippen LogP contribution in [0.4, 0.5) is 0 Å². The van der Waals surface area contributed by atoms with Crippen molar-refractivity contribution in [2.45, 2.75) is 53.4 Å². The van der Waals surface area contributed by atoms with E-state index in [1.807, 2.05) is 70.2 Å². The summed E-state index contributed by atoms with van der Waals surface area (Å²) < 4.78 is 11.5. The monoisotopic (exact) mass is 341 g/mol. The van der Waals surface area contributed by atoms with Gasteiger partial charge in [0.1, 0.15) is 11.5 Å². The van der Waals surface area contributed by atoms with Crippen LogP contribution in [0.25, 0.3) is 0 Å². The number of aryl methyl sites for hydroxylation is 2. The first-order valence-electron chi connectivity index (χ1n) is 8.62. The fourth-order valence-corrected chi connectivity index (χ4v) is 2.41. The maximum absolute atomic E-state index is 12.3. The van der Waals surface area contributed by atoms with E-state index in [0.29, 0.717) is 6.54 Å². The molecule has 0 saturated carbocycles. The van der Waals surface area contributed by atoms with Gasteiger partial charge in [-0.05, 0) is 69.5 Å². The van der Waals surface area contributed by atoms with E-state index < -0.39 is 6.10 Å². The summed E-state index contributed by atoms with van der Waals surface area (Å²) >= 11 is 0. The second kappa shape index (κ2) is 8.56. The molecule has 0 spiro atoms. The third kappa shape index (κ3) is 5.82. The third-order valence-electron chi connectivity index (χ3n) is 3.75. The van der Waals surface area contributed by atoms with Crippen molar-refractivity contribution < 1.29 is 14.3 Å². The Balaban J connectivity index is 1.92. The van der Waals surface area contributed by atoms with E-state index >= 15 is 0 Å². The maximum Gasteiger partial charge on any atom is 0.261 e. The summed E-state index contributed by atoms with van der Waals surface area (Å²) in [5.41, 5.74) is 3.12. The molecule has 4 nitrogen and oxygen atoms in total. The minimum Gasteiger partial charge on any atom is -0.491 e. The summed E-state index contributed by atoms with van der Waals surface area (Å²) in [4.78, 5) is 12.3. The van der Waals surface area contributed by atoms with Crippen molar-refractivity contribution in [3.8, 4) is 11.5 Å². The SMILES string of the molecule is Cc1ccc(C)c(O[C@H](C)C(=O)NCc2cccc(OC(C)C)c2)c1. The Morgan fingerprint density at radius 1 is 1.04 bits per heavy atom. The van der Waals surface area contributed by atoms with Gasteiger partial charge in [-0.25, -0.2) is 0 Å². The quantitative estimate of drug-likeness (QED) is 0.822. The van der Waals surface area contributed by atoms with Gasteiger partial charge < -0.3 is 14.8 Å². The molecule has 1 atom stereocenters. The molecule has 2 aromatic rings. The molecule has 1 N–H and O–H groups in total. The van der Waals surface area contributed by atoms with Crippen LogP contribution in [-0.4, -0.2) is 18.1 Å². The summed E-state index contributed by atoms with van der Waals surface area (Å²) in [5, 5.41) is 2.91. The van der Waals surface area contributed by atoms with Crippen LogP contribution in [0, 0.1) is 13.8 Å². The molecule has 1 amide bonds. The fraction of sp³-hybridized carbons (Fsp3) is 0.381. The normalized spacial score (nSPS) is 11.9. The highest BCUT2D eigenvalue weighted by Gasteiger charge is 2.15. The van der Waals surface area contributed by atoms with Crippen LogP contribution < -0.4 is 14.8 Å². The fourth-order valence-electron chi connectivity index (χ4n) is 2.41. The molecule has 0 aliphatic rings. The maximum atomic E-state index is 12.3. The summed E-state index contributed by atoms with van der Waals surface area (Å²) in [5.74, 6) is 1.41. The molecule has 0 heterocycles. The number of carbonyl (C=O) groups excluding carboxylic acids is 1. The van der Waals surface area contributed by atoms with Crippen LogP contribution in [0.3, 0.4) is 0 Å². The van der Waals surface area contributed by atoms with Gasteiger partial charge in [0.25, 0.3) is 5.91 Å². The summed E-state index contributed by atoms with van der Waals surface area (Å²) in [6, 6.07) is 13.7. The van der Waals surface area contributed by atoms with Crippen molar-refractivity contribution in [1.29, 1.82) is 0 Å². The van der Waals surface area contributed by atoms with Crippen molar-refractivity contribution in [3.63, 3.8) is 0 Å². The first kappa shape index (κ1) is 18.8. The van der Waals surface area contributed by atoms with Crippen LogP contribution in [0.5, 0.6) is 11.5 Å². The lowest BCUT2D eigenvalue weighted by Gasteiger charge is -2.17. The summed E-state index contributed by atoms with van der Waals surface area (Å²) in [6.45, 7) is 10.1. The lowest BCUT2D eigenvalue weighted by Crippen LogP contribution is -2.36. The molecule has 2 aromatic carbocycles. The van der Waals surface area contributed by atoms with Gasteiger partial charge in [0.15, 0.2) is 6.10 Å². The lowest BCUT2D eigenvalue weighted by atomic mass is 10.1. The van der Waals surface area contributed by atoms with Gasteiger partial charge in [0, 0.05) is 6.54 Å². The topological polar surface area (TPSA) is 47.6 Å². The Hall–Kier alpha value is -2.49. The molecule has 0 bridgehead atoms. The first-order valence-corrected chi connectivity index (χ1v) is 8.62. The molecule has 0 saturated heterocycles. The molecule has 0 unspecified atom stereocenters. The van der Waals surface area contributed by atoms with Crippen molar-refractivity contribution in [3.05, 3.63) is 59.2 Å². The Labute approximate surface area is 150 Å². The Bertz CT molecular complexity index is 725. The highest BCUT2D eigenvalue weighted by Crippen LogP contribution is 2.20. The van der Waals surface area contributed by atoms with Crippen molar-refractivity contribution in [1.82, 2.24) is 5.32 Å². The molecule has 25 heavy (non-hydrogen) atoms. The minimum atomic E-state index is -0.560. The van der Waals surface area contributed by atoms with Gasteiger partial charge in [-0.2, -0.15) is 0 Å². The number of carbonyl (C=O) groups is 1. The van der Waals surface area contributed by atoms with E-state index in [-0.39, 0.29) is 12.0 Å². The highest BCUT2D eigenvalue weighted by atomic mass is 16.5. The molecule has 0 fully saturated rings. The first-order chi connectivity index (χ1) is 11.8.